The van der Waals surface area contributed by atoms with Gasteiger partial charge in [0, 0.05) is 34.6 Å². The number of aromatic nitrogens is 2. The Bertz CT molecular complexity index is 709. The van der Waals surface area contributed by atoms with Crippen molar-refractivity contribution in [3.63, 3.8) is 0 Å². The van der Waals surface area contributed by atoms with E-state index in [4.69, 9.17) is 0 Å². The summed E-state index contributed by atoms with van der Waals surface area (Å²) in [5, 5.41) is 7.37. The molecule has 0 saturated carbocycles. The number of benzene rings is 1. The first-order valence-electron chi connectivity index (χ1n) is 5.91. The van der Waals surface area contributed by atoms with E-state index in [1.54, 1.807) is 11.3 Å². The van der Waals surface area contributed by atoms with Crippen LogP contribution in [0.4, 0.5) is 5.13 Å². The zero-order chi connectivity index (χ0) is 12.7. The van der Waals surface area contributed by atoms with E-state index in [0.29, 0.717) is 0 Å². The summed E-state index contributed by atoms with van der Waals surface area (Å²) < 4.78 is 0. The summed E-state index contributed by atoms with van der Waals surface area (Å²) in [6, 6.07) is 6.49. The third kappa shape index (κ3) is 1.69. The highest BCUT2D eigenvalue weighted by molar-refractivity contribution is 7.14. The van der Waals surface area contributed by atoms with Gasteiger partial charge in [-0.25, -0.2) is 4.98 Å². The van der Waals surface area contributed by atoms with Crippen LogP contribution in [0.5, 0.6) is 0 Å². The molecule has 0 unspecified atom stereocenters. The van der Waals surface area contributed by atoms with E-state index in [2.05, 4.69) is 52.7 Å². The van der Waals surface area contributed by atoms with Crippen molar-refractivity contribution >= 4 is 27.4 Å². The van der Waals surface area contributed by atoms with E-state index in [9.17, 15) is 0 Å². The zero-order valence-electron chi connectivity index (χ0n) is 10.7. The van der Waals surface area contributed by atoms with Crippen molar-refractivity contribution in [1.82, 2.24) is 9.97 Å². The molecule has 2 N–H and O–H groups in total. The third-order valence-electron chi connectivity index (χ3n) is 3.12. The lowest BCUT2D eigenvalue weighted by molar-refractivity contribution is 1.28. The van der Waals surface area contributed by atoms with Crippen LogP contribution in [-0.4, -0.2) is 17.0 Å². The van der Waals surface area contributed by atoms with Gasteiger partial charge in [-0.05, 0) is 25.5 Å². The lowest BCUT2D eigenvalue weighted by Crippen LogP contribution is -1.86. The molecule has 18 heavy (non-hydrogen) atoms. The van der Waals surface area contributed by atoms with Crippen LogP contribution in [-0.2, 0) is 0 Å². The van der Waals surface area contributed by atoms with Crippen LogP contribution in [0.1, 0.15) is 11.3 Å². The molecule has 0 atom stereocenters. The Hall–Kier alpha value is -1.81. The van der Waals surface area contributed by atoms with E-state index in [-0.39, 0.29) is 0 Å². The van der Waals surface area contributed by atoms with Crippen LogP contribution in [0.25, 0.3) is 22.2 Å². The molecule has 3 rings (SSSR count). The molecule has 0 aliphatic heterocycles. The molecule has 0 radical (unpaired) electrons. The van der Waals surface area contributed by atoms with Crippen molar-refractivity contribution in [2.24, 2.45) is 0 Å². The molecule has 0 fully saturated rings. The maximum atomic E-state index is 4.59. The van der Waals surface area contributed by atoms with Crippen molar-refractivity contribution in [2.45, 2.75) is 13.8 Å². The van der Waals surface area contributed by atoms with Crippen LogP contribution in [0.2, 0.25) is 0 Å². The number of anilines is 1. The Morgan fingerprint density at radius 3 is 2.83 bits per heavy atom. The molecule has 0 saturated heterocycles. The second-order valence-corrected chi connectivity index (χ2v) is 5.32. The summed E-state index contributed by atoms with van der Waals surface area (Å²) in [7, 11) is 1.90. The number of fused-ring (bicyclic) bond motifs is 1. The first kappa shape index (κ1) is 11.3. The van der Waals surface area contributed by atoms with Gasteiger partial charge < -0.3 is 10.3 Å². The van der Waals surface area contributed by atoms with Gasteiger partial charge in [0.1, 0.15) is 0 Å². The van der Waals surface area contributed by atoms with Gasteiger partial charge in [-0.2, -0.15) is 0 Å². The Balaban J connectivity index is 2.24. The van der Waals surface area contributed by atoms with Crippen molar-refractivity contribution in [3.8, 4) is 11.3 Å². The minimum absolute atomic E-state index is 0.950. The number of nitrogens with zero attached hydrogens (tertiary/aromatic N) is 1. The lowest BCUT2D eigenvalue weighted by Gasteiger charge is -1.97. The van der Waals surface area contributed by atoms with Gasteiger partial charge in [0.25, 0.3) is 0 Å². The van der Waals surface area contributed by atoms with Crippen molar-refractivity contribution in [1.29, 1.82) is 0 Å². The van der Waals surface area contributed by atoms with Crippen LogP contribution in [0.3, 0.4) is 0 Å². The monoisotopic (exact) mass is 257 g/mol. The van der Waals surface area contributed by atoms with Crippen molar-refractivity contribution < 1.29 is 0 Å². The number of aromatic amines is 1. The topological polar surface area (TPSA) is 40.7 Å². The second-order valence-electron chi connectivity index (χ2n) is 4.46. The van der Waals surface area contributed by atoms with E-state index in [1.807, 2.05) is 7.05 Å². The normalized spacial score (nSPS) is 11.1. The molecule has 3 nitrogen and oxygen atoms in total. The minimum atomic E-state index is 0.950. The molecule has 0 aliphatic carbocycles. The number of hydrogen-bond donors (Lipinski definition) is 2. The van der Waals surface area contributed by atoms with Crippen molar-refractivity contribution in [3.05, 3.63) is 34.8 Å². The highest BCUT2D eigenvalue weighted by Gasteiger charge is 2.13. The molecule has 92 valence electrons. The number of H-pyrrole nitrogens is 1. The fourth-order valence-electron chi connectivity index (χ4n) is 2.28. The average Bonchev–Trinajstić information content (AvgIpc) is 2.91. The van der Waals surface area contributed by atoms with Gasteiger partial charge in [-0.1, -0.05) is 12.1 Å². The maximum Gasteiger partial charge on any atom is 0.182 e. The zero-order valence-corrected chi connectivity index (χ0v) is 11.5. The molecule has 0 bridgehead atoms. The fourth-order valence-corrected chi connectivity index (χ4v) is 2.94. The van der Waals surface area contributed by atoms with Gasteiger partial charge in [0.2, 0.25) is 0 Å². The first-order valence-corrected chi connectivity index (χ1v) is 6.79. The third-order valence-corrected chi connectivity index (χ3v) is 3.98. The summed E-state index contributed by atoms with van der Waals surface area (Å²) in [6.45, 7) is 4.21. The predicted octanol–water partition coefficient (Wildman–Crippen LogP) is 3.95. The molecule has 2 heterocycles. The number of rotatable bonds is 2. The van der Waals surface area contributed by atoms with Crippen LogP contribution < -0.4 is 5.32 Å². The summed E-state index contributed by atoms with van der Waals surface area (Å²) in [5.41, 5.74) is 5.87. The van der Waals surface area contributed by atoms with Gasteiger partial charge in [0.05, 0.1) is 5.69 Å². The van der Waals surface area contributed by atoms with Gasteiger partial charge in [-0.15, -0.1) is 11.3 Å². The van der Waals surface area contributed by atoms with Gasteiger partial charge >= 0.3 is 0 Å². The molecular formula is C14H15N3S. The molecule has 0 aliphatic rings. The second kappa shape index (κ2) is 4.14. The van der Waals surface area contributed by atoms with E-state index in [0.717, 1.165) is 10.8 Å². The number of nitrogens with one attached hydrogen (secondary N) is 2. The Labute approximate surface area is 110 Å². The van der Waals surface area contributed by atoms with E-state index < -0.39 is 0 Å². The number of aryl methyl sites for hydroxylation is 2. The van der Waals surface area contributed by atoms with Gasteiger partial charge in [-0.3, -0.25) is 0 Å². The first-order chi connectivity index (χ1) is 8.69. The number of hydrogen-bond acceptors (Lipinski definition) is 3. The summed E-state index contributed by atoms with van der Waals surface area (Å²) in [5.74, 6) is 0. The molecule has 4 heteroatoms. The molecule has 0 amide bonds. The summed E-state index contributed by atoms with van der Waals surface area (Å²) in [6.07, 6.45) is 0. The number of thiazole rings is 1. The molecular weight excluding hydrogens is 242 g/mol. The Kier molecular flexibility index (Phi) is 2.59. The van der Waals surface area contributed by atoms with Crippen LogP contribution in [0, 0.1) is 13.8 Å². The van der Waals surface area contributed by atoms with E-state index in [1.165, 1.54) is 27.7 Å². The molecule has 1 aromatic carbocycles. The summed E-state index contributed by atoms with van der Waals surface area (Å²) >= 11 is 1.63. The van der Waals surface area contributed by atoms with E-state index >= 15 is 0 Å². The quantitative estimate of drug-likeness (QED) is 0.729. The smallest absolute Gasteiger partial charge is 0.182 e. The molecule has 3 aromatic rings. The standard InChI is InChI=1S/C14H15N3S/c1-8-4-5-10-11(6-8)16-9(2)13(10)12-7-18-14(15-3)17-12/h4-7,16H,1-3H3,(H,15,17). The minimum Gasteiger partial charge on any atom is -0.365 e. The fraction of sp³-hybridized carbons (Fsp3) is 0.214. The van der Waals surface area contributed by atoms with Crippen LogP contribution >= 0.6 is 11.3 Å². The van der Waals surface area contributed by atoms with Gasteiger partial charge in [0.15, 0.2) is 5.13 Å². The van der Waals surface area contributed by atoms with Crippen molar-refractivity contribution in [2.75, 3.05) is 12.4 Å². The molecule has 0 spiro atoms. The van der Waals surface area contributed by atoms with Crippen LogP contribution in [0.15, 0.2) is 23.6 Å². The largest absolute Gasteiger partial charge is 0.365 e. The lowest BCUT2D eigenvalue weighted by atomic mass is 10.1. The maximum absolute atomic E-state index is 4.59. The highest BCUT2D eigenvalue weighted by atomic mass is 32.1. The Morgan fingerprint density at radius 1 is 1.28 bits per heavy atom. The highest BCUT2D eigenvalue weighted by Crippen LogP contribution is 2.34. The SMILES string of the molecule is CNc1nc(-c2c(C)[nH]c3cc(C)ccc23)cs1. The Morgan fingerprint density at radius 2 is 2.11 bits per heavy atom. The average molecular weight is 257 g/mol. The molecule has 2 aromatic heterocycles. The summed E-state index contributed by atoms with van der Waals surface area (Å²) in [4.78, 5) is 8.03. The predicted molar refractivity (Wildman–Crippen MR) is 78.4 cm³/mol.